The standard InChI is InChI=1S/C23H23FN2O3S/c1-3-26(16-18-9-5-4-6-10-18)30(28,29)20-12-13-22(24)21(15-20)23(27)25-19-11-7-8-17(2)14-19/h4-15H,3,16H2,1-2H3,(H,25,27). The van der Waals surface area contributed by atoms with Crippen molar-refractivity contribution in [3.63, 3.8) is 0 Å². The average molecular weight is 427 g/mol. The van der Waals surface area contributed by atoms with Crippen LogP contribution in [0.2, 0.25) is 0 Å². The number of nitrogens with one attached hydrogen (secondary N) is 1. The first-order chi connectivity index (χ1) is 14.3. The lowest BCUT2D eigenvalue weighted by Crippen LogP contribution is -2.30. The molecule has 5 nitrogen and oxygen atoms in total. The Morgan fingerprint density at radius 3 is 2.40 bits per heavy atom. The SMILES string of the molecule is CCN(Cc1ccccc1)S(=O)(=O)c1ccc(F)c(C(=O)Nc2cccc(C)c2)c1. The van der Waals surface area contributed by atoms with Gasteiger partial charge < -0.3 is 5.32 Å². The van der Waals surface area contributed by atoms with Gasteiger partial charge in [-0.15, -0.1) is 0 Å². The van der Waals surface area contributed by atoms with Crippen LogP contribution in [0.25, 0.3) is 0 Å². The van der Waals surface area contributed by atoms with Crippen LogP contribution in [0.1, 0.15) is 28.4 Å². The molecule has 3 rings (SSSR count). The van der Waals surface area contributed by atoms with Gasteiger partial charge >= 0.3 is 0 Å². The van der Waals surface area contributed by atoms with Crippen molar-refractivity contribution in [2.75, 3.05) is 11.9 Å². The highest BCUT2D eigenvalue weighted by atomic mass is 32.2. The number of sulfonamides is 1. The molecule has 3 aromatic carbocycles. The van der Waals surface area contributed by atoms with Crippen LogP contribution >= 0.6 is 0 Å². The summed E-state index contributed by atoms with van der Waals surface area (Å²) in [6.07, 6.45) is 0. The minimum absolute atomic E-state index is 0.129. The van der Waals surface area contributed by atoms with E-state index in [-0.39, 0.29) is 23.5 Å². The largest absolute Gasteiger partial charge is 0.322 e. The summed E-state index contributed by atoms with van der Waals surface area (Å²) in [5, 5.41) is 2.61. The molecule has 1 amide bonds. The average Bonchev–Trinajstić information content (AvgIpc) is 2.72. The minimum atomic E-state index is -3.92. The molecule has 0 atom stereocenters. The molecule has 0 aliphatic carbocycles. The first-order valence-corrected chi connectivity index (χ1v) is 11.0. The van der Waals surface area contributed by atoms with Gasteiger partial charge in [0.1, 0.15) is 5.82 Å². The maximum Gasteiger partial charge on any atom is 0.258 e. The van der Waals surface area contributed by atoms with Gasteiger partial charge in [0.2, 0.25) is 10.0 Å². The Balaban J connectivity index is 1.89. The molecular weight excluding hydrogens is 403 g/mol. The van der Waals surface area contributed by atoms with Gasteiger partial charge in [0.05, 0.1) is 10.5 Å². The third-order valence-corrected chi connectivity index (χ3v) is 6.57. The Hall–Kier alpha value is -3.03. The van der Waals surface area contributed by atoms with Crippen LogP contribution in [0, 0.1) is 12.7 Å². The molecule has 0 saturated carbocycles. The number of carbonyl (C=O) groups is 1. The maximum absolute atomic E-state index is 14.4. The van der Waals surface area contributed by atoms with Gasteiger partial charge in [-0.2, -0.15) is 4.31 Å². The second kappa shape index (κ2) is 9.19. The number of hydrogen-bond donors (Lipinski definition) is 1. The number of hydrogen-bond acceptors (Lipinski definition) is 3. The van der Waals surface area contributed by atoms with E-state index in [1.54, 1.807) is 25.1 Å². The molecule has 0 saturated heterocycles. The molecule has 0 aliphatic heterocycles. The molecule has 0 heterocycles. The molecule has 0 aromatic heterocycles. The fourth-order valence-electron chi connectivity index (χ4n) is 3.06. The summed E-state index contributed by atoms with van der Waals surface area (Å²) in [6, 6.07) is 19.5. The van der Waals surface area contributed by atoms with Gasteiger partial charge in [-0.3, -0.25) is 4.79 Å². The lowest BCUT2D eigenvalue weighted by molar-refractivity contribution is 0.102. The normalized spacial score (nSPS) is 11.5. The Morgan fingerprint density at radius 2 is 1.73 bits per heavy atom. The van der Waals surface area contributed by atoms with Crippen LogP contribution in [0.15, 0.2) is 77.7 Å². The summed E-state index contributed by atoms with van der Waals surface area (Å²) in [4.78, 5) is 12.5. The highest BCUT2D eigenvalue weighted by molar-refractivity contribution is 7.89. The Bertz CT molecular complexity index is 1150. The van der Waals surface area contributed by atoms with Crippen LogP contribution in [0.5, 0.6) is 0 Å². The van der Waals surface area contributed by atoms with Crippen molar-refractivity contribution < 1.29 is 17.6 Å². The van der Waals surface area contributed by atoms with Crippen LogP contribution in [-0.4, -0.2) is 25.2 Å². The van der Waals surface area contributed by atoms with Crippen molar-refractivity contribution in [1.82, 2.24) is 4.31 Å². The van der Waals surface area contributed by atoms with E-state index >= 15 is 0 Å². The third kappa shape index (κ3) is 4.93. The molecule has 156 valence electrons. The summed E-state index contributed by atoms with van der Waals surface area (Å²) in [7, 11) is -3.92. The molecule has 0 unspecified atom stereocenters. The van der Waals surface area contributed by atoms with E-state index in [4.69, 9.17) is 0 Å². The highest BCUT2D eigenvalue weighted by Crippen LogP contribution is 2.22. The fraction of sp³-hybridized carbons (Fsp3) is 0.174. The topological polar surface area (TPSA) is 66.5 Å². The van der Waals surface area contributed by atoms with E-state index in [0.717, 1.165) is 23.3 Å². The summed E-state index contributed by atoms with van der Waals surface area (Å²) in [5.41, 5.74) is 1.95. The maximum atomic E-state index is 14.4. The molecule has 0 fully saturated rings. The van der Waals surface area contributed by atoms with Gasteiger partial charge in [-0.1, -0.05) is 49.4 Å². The van der Waals surface area contributed by atoms with E-state index in [2.05, 4.69) is 5.32 Å². The number of aryl methyl sites for hydroxylation is 1. The molecule has 7 heteroatoms. The van der Waals surface area contributed by atoms with E-state index < -0.39 is 21.7 Å². The summed E-state index contributed by atoms with van der Waals surface area (Å²) < 4.78 is 41.9. The first-order valence-electron chi connectivity index (χ1n) is 9.53. The number of benzene rings is 3. The third-order valence-electron chi connectivity index (χ3n) is 4.65. The van der Waals surface area contributed by atoms with E-state index in [1.807, 2.05) is 43.3 Å². The van der Waals surface area contributed by atoms with E-state index in [1.165, 1.54) is 10.4 Å². The molecule has 0 bridgehead atoms. The first kappa shape index (κ1) is 21.7. The minimum Gasteiger partial charge on any atom is -0.322 e. The number of anilines is 1. The van der Waals surface area contributed by atoms with Gasteiger partial charge in [0, 0.05) is 18.8 Å². The molecule has 0 radical (unpaired) electrons. The second-order valence-corrected chi connectivity index (χ2v) is 8.82. The second-order valence-electron chi connectivity index (χ2n) is 6.88. The smallest absolute Gasteiger partial charge is 0.258 e. The lowest BCUT2D eigenvalue weighted by Gasteiger charge is -2.21. The molecule has 0 aliphatic rings. The number of amides is 1. The van der Waals surface area contributed by atoms with Crippen LogP contribution in [-0.2, 0) is 16.6 Å². The number of halogens is 1. The van der Waals surface area contributed by atoms with Crippen molar-refractivity contribution in [2.45, 2.75) is 25.3 Å². The molecule has 30 heavy (non-hydrogen) atoms. The molecule has 3 aromatic rings. The van der Waals surface area contributed by atoms with Crippen molar-refractivity contribution in [2.24, 2.45) is 0 Å². The van der Waals surface area contributed by atoms with Gasteiger partial charge in [-0.25, -0.2) is 12.8 Å². The van der Waals surface area contributed by atoms with E-state index in [0.29, 0.717) is 5.69 Å². The van der Waals surface area contributed by atoms with Crippen LogP contribution in [0.4, 0.5) is 10.1 Å². The molecular formula is C23H23FN2O3S. The van der Waals surface area contributed by atoms with Crippen molar-refractivity contribution >= 4 is 21.6 Å². The van der Waals surface area contributed by atoms with Crippen molar-refractivity contribution in [3.8, 4) is 0 Å². The Morgan fingerprint density at radius 1 is 1.00 bits per heavy atom. The summed E-state index contributed by atoms with van der Waals surface area (Å²) in [5.74, 6) is -1.49. The lowest BCUT2D eigenvalue weighted by atomic mass is 10.1. The zero-order valence-corrected chi connectivity index (χ0v) is 17.6. The van der Waals surface area contributed by atoms with E-state index in [9.17, 15) is 17.6 Å². The Labute approximate surface area is 176 Å². The number of rotatable bonds is 7. The van der Waals surface area contributed by atoms with Crippen molar-refractivity contribution in [1.29, 1.82) is 0 Å². The van der Waals surface area contributed by atoms with Crippen LogP contribution in [0.3, 0.4) is 0 Å². The Kier molecular flexibility index (Phi) is 6.64. The quantitative estimate of drug-likeness (QED) is 0.601. The monoisotopic (exact) mass is 426 g/mol. The van der Waals surface area contributed by atoms with Gasteiger partial charge in [0.25, 0.3) is 5.91 Å². The zero-order valence-electron chi connectivity index (χ0n) is 16.8. The van der Waals surface area contributed by atoms with Crippen LogP contribution < -0.4 is 5.32 Å². The predicted molar refractivity (Wildman–Crippen MR) is 115 cm³/mol. The number of nitrogens with zero attached hydrogens (tertiary/aromatic N) is 1. The molecule has 0 spiro atoms. The highest BCUT2D eigenvalue weighted by Gasteiger charge is 2.25. The fourth-order valence-corrected chi connectivity index (χ4v) is 4.53. The number of carbonyl (C=O) groups excluding carboxylic acids is 1. The predicted octanol–water partition coefficient (Wildman–Crippen LogP) is 4.60. The van der Waals surface area contributed by atoms with Gasteiger partial charge in [-0.05, 0) is 48.4 Å². The van der Waals surface area contributed by atoms with Gasteiger partial charge in [0.15, 0.2) is 0 Å². The summed E-state index contributed by atoms with van der Waals surface area (Å²) in [6.45, 7) is 4.02. The summed E-state index contributed by atoms with van der Waals surface area (Å²) >= 11 is 0. The zero-order chi connectivity index (χ0) is 21.7. The molecule has 1 N–H and O–H groups in total. The van der Waals surface area contributed by atoms with Crippen molar-refractivity contribution in [3.05, 3.63) is 95.3 Å².